The molecule has 0 aliphatic carbocycles. The Morgan fingerprint density at radius 3 is 1.66 bits per heavy atom. The predicted molar refractivity (Wildman–Crippen MR) is 123 cm³/mol. The van der Waals surface area contributed by atoms with Crippen LogP contribution in [-0.2, 0) is 15.6 Å². The maximum absolute atomic E-state index is 11.9. The number of carbonyl (C=O) groups excluding carboxylic acids is 1. The topological polar surface area (TPSA) is 26.3 Å². The van der Waals surface area contributed by atoms with Gasteiger partial charge < -0.3 is 9.22 Å². The maximum atomic E-state index is 11.9. The van der Waals surface area contributed by atoms with E-state index in [1.807, 2.05) is 30.3 Å². The van der Waals surface area contributed by atoms with Gasteiger partial charge in [0.25, 0.3) is 8.32 Å². The Hall–Kier alpha value is -2.49. The normalized spacial score (nSPS) is 13.1. The number of benzene rings is 3. The fourth-order valence-corrected chi connectivity index (χ4v) is 8.68. The molecule has 0 aliphatic rings. The van der Waals surface area contributed by atoms with Gasteiger partial charge in [-0.1, -0.05) is 112 Å². The summed E-state index contributed by atoms with van der Waals surface area (Å²) in [6, 6.07) is 31.3. The van der Waals surface area contributed by atoms with Crippen LogP contribution in [0.3, 0.4) is 0 Å². The maximum Gasteiger partial charge on any atom is 0.261 e. The highest BCUT2D eigenvalue weighted by atomic mass is 28.4. The molecule has 3 aromatic rings. The Bertz CT molecular complexity index is 847. The lowest BCUT2D eigenvalue weighted by molar-refractivity contribution is -0.111. The van der Waals surface area contributed by atoms with Crippen molar-refractivity contribution in [2.75, 3.05) is 6.61 Å². The van der Waals surface area contributed by atoms with E-state index in [2.05, 4.69) is 81.4 Å². The van der Waals surface area contributed by atoms with E-state index in [9.17, 15) is 4.79 Å². The van der Waals surface area contributed by atoms with E-state index in [4.69, 9.17) is 4.43 Å². The van der Waals surface area contributed by atoms with Gasteiger partial charge in [0, 0.05) is 12.5 Å². The lowest BCUT2D eigenvalue weighted by Crippen LogP contribution is -2.67. The zero-order valence-corrected chi connectivity index (χ0v) is 18.5. The van der Waals surface area contributed by atoms with Gasteiger partial charge in [-0.15, -0.1) is 0 Å². The zero-order valence-electron chi connectivity index (χ0n) is 17.5. The molecule has 0 N–H and O–H groups in total. The van der Waals surface area contributed by atoms with Crippen LogP contribution in [0, 0.1) is 5.92 Å². The summed E-state index contributed by atoms with van der Waals surface area (Å²) < 4.78 is 6.90. The van der Waals surface area contributed by atoms with Crippen LogP contribution in [0.2, 0.25) is 5.04 Å². The predicted octanol–water partition coefficient (Wildman–Crippen LogP) is 4.62. The number of hydrogen-bond donors (Lipinski definition) is 0. The van der Waals surface area contributed by atoms with Crippen molar-refractivity contribution < 1.29 is 9.22 Å². The van der Waals surface area contributed by atoms with Gasteiger partial charge in [0.05, 0.1) is 0 Å². The Labute approximate surface area is 175 Å². The molecule has 2 nitrogen and oxygen atoms in total. The molecule has 150 valence electrons. The molecule has 29 heavy (non-hydrogen) atoms. The van der Waals surface area contributed by atoms with E-state index in [0.29, 0.717) is 13.0 Å². The second-order valence-corrected chi connectivity index (χ2v) is 12.9. The van der Waals surface area contributed by atoms with Crippen molar-refractivity contribution in [3.63, 3.8) is 0 Å². The SMILES string of the molecule is CC(C)(C)[Si](OC[C@H](C=O)Cc1ccccc1)(c1ccccc1)c1ccccc1. The highest BCUT2D eigenvalue weighted by Crippen LogP contribution is 2.37. The van der Waals surface area contributed by atoms with Gasteiger partial charge in [-0.2, -0.15) is 0 Å². The van der Waals surface area contributed by atoms with Crippen LogP contribution < -0.4 is 10.4 Å². The highest BCUT2D eigenvalue weighted by molar-refractivity contribution is 6.99. The molecule has 0 amide bonds. The first-order valence-corrected chi connectivity index (χ1v) is 12.1. The van der Waals surface area contributed by atoms with Crippen LogP contribution in [0.4, 0.5) is 0 Å². The molecule has 0 spiro atoms. The molecular weight excluding hydrogens is 372 g/mol. The third-order valence-corrected chi connectivity index (χ3v) is 10.5. The largest absolute Gasteiger partial charge is 0.407 e. The fraction of sp³-hybridized carbons (Fsp3) is 0.269. The molecule has 0 radical (unpaired) electrons. The van der Waals surface area contributed by atoms with E-state index in [0.717, 1.165) is 11.8 Å². The van der Waals surface area contributed by atoms with Crippen molar-refractivity contribution in [1.29, 1.82) is 0 Å². The molecule has 0 fully saturated rings. The molecule has 0 saturated carbocycles. The van der Waals surface area contributed by atoms with Gasteiger partial charge >= 0.3 is 0 Å². The van der Waals surface area contributed by atoms with Crippen LogP contribution >= 0.6 is 0 Å². The van der Waals surface area contributed by atoms with Gasteiger partial charge in [0.15, 0.2) is 0 Å². The highest BCUT2D eigenvalue weighted by Gasteiger charge is 2.50. The molecule has 3 heteroatoms. The molecule has 0 heterocycles. The summed E-state index contributed by atoms with van der Waals surface area (Å²) in [5.74, 6) is -0.168. The number of carbonyl (C=O) groups is 1. The molecule has 0 saturated heterocycles. The minimum atomic E-state index is -2.60. The Morgan fingerprint density at radius 1 is 0.793 bits per heavy atom. The van der Waals surface area contributed by atoms with Gasteiger partial charge in [0.2, 0.25) is 0 Å². The van der Waals surface area contributed by atoms with E-state index >= 15 is 0 Å². The van der Waals surface area contributed by atoms with Crippen LogP contribution in [-0.4, -0.2) is 21.2 Å². The Morgan fingerprint density at radius 2 is 1.24 bits per heavy atom. The fourth-order valence-electron chi connectivity index (χ4n) is 4.06. The average molecular weight is 403 g/mol. The van der Waals surface area contributed by atoms with Gasteiger partial charge in [-0.3, -0.25) is 0 Å². The zero-order chi connectivity index (χ0) is 20.7. The van der Waals surface area contributed by atoms with Crippen LogP contribution in [0.5, 0.6) is 0 Å². The number of aldehydes is 1. The second kappa shape index (κ2) is 9.34. The smallest absolute Gasteiger partial charge is 0.261 e. The first-order valence-electron chi connectivity index (χ1n) is 10.2. The van der Waals surface area contributed by atoms with Crippen LogP contribution in [0.1, 0.15) is 26.3 Å². The first kappa shape index (κ1) is 21.2. The Balaban J connectivity index is 1.98. The van der Waals surface area contributed by atoms with E-state index in [1.165, 1.54) is 10.4 Å². The van der Waals surface area contributed by atoms with Gasteiger partial charge in [0.1, 0.15) is 6.29 Å². The van der Waals surface area contributed by atoms with Crippen molar-refractivity contribution in [3.8, 4) is 0 Å². The summed E-state index contributed by atoms with van der Waals surface area (Å²) >= 11 is 0. The van der Waals surface area contributed by atoms with E-state index in [1.54, 1.807) is 0 Å². The molecule has 0 aromatic heterocycles. The molecule has 0 unspecified atom stereocenters. The Kier molecular flexibility index (Phi) is 6.83. The van der Waals surface area contributed by atoms with Crippen LogP contribution in [0.25, 0.3) is 0 Å². The molecular formula is C26H30O2Si. The summed E-state index contributed by atoms with van der Waals surface area (Å²) in [5.41, 5.74) is 1.16. The van der Waals surface area contributed by atoms with Gasteiger partial charge in [-0.25, -0.2) is 0 Å². The molecule has 0 aliphatic heterocycles. The van der Waals surface area contributed by atoms with Crippen molar-refractivity contribution in [1.82, 2.24) is 0 Å². The summed E-state index contributed by atoms with van der Waals surface area (Å²) in [7, 11) is -2.60. The summed E-state index contributed by atoms with van der Waals surface area (Å²) in [5, 5.41) is 2.39. The third-order valence-electron chi connectivity index (χ3n) is 5.46. The first-order chi connectivity index (χ1) is 14.0. The lowest BCUT2D eigenvalue weighted by Gasteiger charge is -2.43. The monoisotopic (exact) mass is 402 g/mol. The third kappa shape index (κ3) is 4.74. The molecule has 3 rings (SSSR count). The minimum Gasteiger partial charge on any atom is -0.407 e. The summed E-state index contributed by atoms with van der Waals surface area (Å²) in [6.45, 7) is 7.19. The lowest BCUT2D eigenvalue weighted by atomic mass is 10.0. The summed E-state index contributed by atoms with van der Waals surface area (Å²) in [6.07, 6.45) is 1.74. The quantitative estimate of drug-likeness (QED) is 0.406. The molecule has 3 aromatic carbocycles. The van der Waals surface area contributed by atoms with Crippen LogP contribution in [0.15, 0.2) is 91.0 Å². The van der Waals surface area contributed by atoms with E-state index in [-0.39, 0.29) is 11.0 Å². The standard InChI is InChI=1S/C26H30O2Si/c1-26(2,3)29(24-15-9-5-10-16-24,25-17-11-6-12-18-25)28-21-23(20-27)19-22-13-7-4-8-14-22/h4-18,20,23H,19,21H2,1-3H3/t23-/m0/s1. The van der Waals surface area contributed by atoms with Crippen molar-refractivity contribution in [2.24, 2.45) is 5.92 Å². The molecule has 0 bridgehead atoms. The van der Waals surface area contributed by atoms with Crippen molar-refractivity contribution in [3.05, 3.63) is 96.6 Å². The summed E-state index contributed by atoms with van der Waals surface area (Å²) in [4.78, 5) is 11.9. The van der Waals surface area contributed by atoms with Crippen molar-refractivity contribution in [2.45, 2.75) is 32.2 Å². The number of rotatable bonds is 8. The average Bonchev–Trinajstić information content (AvgIpc) is 2.74. The van der Waals surface area contributed by atoms with E-state index < -0.39 is 8.32 Å². The van der Waals surface area contributed by atoms with Crippen molar-refractivity contribution >= 4 is 25.0 Å². The second-order valence-electron chi connectivity index (χ2n) is 8.56. The van der Waals surface area contributed by atoms with Gasteiger partial charge in [-0.05, 0) is 27.4 Å². The minimum absolute atomic E-state index is 0.0874. The number of hydrogen-bond acceptors (Lipinski definition) is 2. The molecule has 1 atom stereocenters.